The minimum absolute atomic E-state index is 0.180. The molecule has 2 aromatic carbocycles. The molecule has 2 N–H and O–H groups in total. The van der Waals surface area contributed by atoms with Crippen LogP contribution in [0.4, 0.5) is 10.1 Å². The van der Waals surface area contributed by atoms with Gasteiger partial charge in [0.1, 0.15) is 10.7 Å². The van der Waals surface area contributed by atoms with Gasteiger partial charge in [-0.3, -0.25) is 0 Å². The Hall–Kier alpha value is -1.59. The Labute approximate surface area is 115 Å². The molecule has 0 aliphatic heterocycles. The Kier molecular flexibility index (Phi) is 3.78. The molecule has 0 saturated carbocycles. The molecular weight excluding hydrogens is 289 g/mol. The van der Waals surface area contributed by atoms with Gasteiger partial charge in [0.25, 0.3) is 0 Å². The highest BCUT2D eigenvalue weighted by atomic mass is 35.5. The molecule has 0 radical (unpaired) electrons. The minimum Gasteiger partial charge on any atom is -0.399 e. The summed E-state index contributed by atoms with van der Waals surface area (Å²) in [5, 5.41) is 0.436. The standard InChI is InChI=1S/C13H11ClFNO2S/c14-10-3-1-2-9(6-10)8-19(17,18)13-5-4-11(16)7-12(13)15/h1-7H,8,16H2. The molecule has 100 valence electrons. The van der Waals surface area contributed by atoms with Crippen molar-refractivity contribution >= 4 is 27.1 Å². The van der Waals surface area contributed by atoms with Gasteiger partial charge in [0, 0.05) is 10.7 Å². The number of anilines is 1. The molecule has 2 aromatic rings. The number of rotatable bonds is 3. The molecule has 0 spiro atoms. The predicted octanol–water partition coefficient (Wildman–Crippen LogP) is 3.04. The van der Waals surface area contributed by atoms with Crippen LogP contribution in [0.15, 0.2) is 47.4 Å². The van der Waals surface area contributed by atoms with Crippen molar-refractivity contribution in [1.82, 2.24) is 0 Å². The fraction of sp³-hybridized carbons (Fsp3) is 0.0769. The van der Waals surface area contributed by atoms with Crippen LogP contribution < -0.4 is 5.73 Å². The molecule has 6 heteroatoms. The van der Waals surface area contributed by atoms with Crippen LogP contribution >= 0.6 is 11.6 Å². The van der Waals surface area contributed by atoms with Crippen molar-refractivity contribution in [2.24, 2.45) is 0 Å². The van der Waals surface area contributed by atoms with Crippen molar-refractivity contribution in [3.63, 3.8) is 0 Å². The molecular formula is C13H11ClFNO2S. The van der Waals surface area contributed by atoms with Crippen molar-refractivity contribution in [3.05, 3.63) is 58.9 Å². The summed E-state index contributed by atoms with van der Waals surface area (Å²) in [6.45, 7) is 0. The smallest absolute Gasteiger partial charge is 0.185 e. The predicted molar refractivity (Wildman–Crippen MR) is 73.2 cm³/mol. The number of hydrogen-bond acceptors (Lipinski definition) is 3. The molecule has 0 aliphatic carbocycles. The van der Waals surface area contributed by atoms with Gasteiger partial charge in [-0.25, -0.2) is 12.8 Å². The van der Waals surface area contributed by atoms with E-state index in [-0.39, 0.29) is 16.3 Å². The van der Waals surface area contributed by atoms with E-state index in [0.717, 1.165) is 6.07 Å². The lowest BCUT2D eigenvalue weighted by atomic mass is 10.2. The Morgan fingerprint density at radius 3 is 2.53 bits per heavy atom. The zero-order chi connectivity index (χ0) is 14.0. The van der Waals surface area contributed by atoms with Gasteiger partial charge in [-0.2, -0.15) is 0 Å². The van der Waals surface area contributed by atoms with Gasteiger partial charge < -0.3 is 5.73 Å². The topological polar surface area (TPSA) is 60.2 Å². The summed E-state index contributed by atoms with van der Waals surface area (Å²) in [4.78, 5) is -0.360. The van der Waals surface area contributed by atoms with Crippen LogP contribution in [-0.4, -0.2) is 8.42 Å². The molecule has 0 unspecified atom stereocenters. The summed E-state index contributed by atoms with van der Waals surface area (Å²) in [5.74, 6) is -1.16. The van der Waals surface area contributed by atoms with Crippen molar-refractivity contribution in [2.75, 3.05) is 5.73 Å². The van der Waals surface area contributed by atoms with E-state index in [4.69, 9.17) is 17.3 Å². The number of nitrogen functional groups attached to an aromatic ring is 1. The third-order valence-corrected chi connectivity index (χ3v) is 4.49. The van der Waals surface area contributed by atoms with Crippen molar-refractivity contribution < 1.29 is 12.8 Å². The van der Waals surface area contributed by atoms with Gasteiger partial charge in [-0.1, -0.05) is 23.7 Å². The van der Waals surface area contributed by atoms with Gasteiger partial charge in [0.15, 0.2) is 9.84 Å². The summed E-state index contributed by atoms with van der Waals surface area (Å²) in [5.41, 5.74) is 6.07. The van der Waals surface area contributed by atoms with Gasteiger partial charge in [0.05, 0.1) is 5.75 Å². The average molecular weight is 300 g/mol. The van der Waals surface area contributed by atoms with Gasteiger partial charge in [-0.05, 0) is 35.9 Å². The largest absolute Gasteiger partial charge is 0.399 e. The van der Waals surface area contributed by atoms with Crippen molar-refractivity contribution in [2.45, 2.75) is 10.6 Å². The molecule has 0 atom stereocenters. The second-order valence-electron chi connectivity index (χ2n) is 4.08. The Balaban J connectivity index is 2.38. The van der Waals surface area contributed by atoms with E-state index >= 15 is 0 Å². The number of hydrogen-bond donors (Lipinski definition) is 1. The van der Waals surface area contributed by atoms with Crippen LogP contribution in [0, 0.1) is 5.82 Å². The number of nitrogens with two attached hydrogens (primary N) is 1. The van der Waals surface area contributed by atoms with E-state index in [1.165, 1.54) is 18.2 Å². The summed E-state index contributed by atoms with van der Waals surface area (Å²) < 4.78 is 37.9. The average Bonchev–Trinajstić information content (AvgIpc) is 2.27. The highest BCUT2D eigenvalue weighted by Gasteiger charge is 2.20. The number of benzene rings is 2. The molecule has 0 amide bonds. The van der Waals surface area contributed by atoms with Crippen LogP contribution in [0.1, 0.15) is 5.56 Å². The highest BCUT2D eigenvalue weighted by Crippen LogP contribution is 2.22. The van der Waals surface area contributed by atoms with Crippen LogP contribution in [0.3, 0.4) is 0 Å². The number of halogens is 2. The molecule has 19 heavy (non-hydrogen) atoms. The third kappa shape index (κ3) is 3.24. The summed E-state index contributed by atoms with van der Waals surface area (Å²) >= 11 is 5.79. The maximum atomic E-state index is 13.6. The van der Waals surface area contributed by atoms with Crippen LogP contribution in [0.2, 0.25) is 5.02 Å². The molecule has 0 saturated heterocycles. The van der Waals surface area contributed by atoms with E-state index in [1.807, 2.05) is 0 Å². The van der Waals surface area contributed by atoms with E-state index < -0.39 is 15.7 Å². The second kappa shape index (κ2) is 5.19. The van der Waals surface area contributed by atoms with Crippen LogP contribution in [0.5, 0.6) is 0 Å². The van der Waals surface area contributed by atoms with E-state index in [2.05, 4.69) is 0 Å². The molecule has 0 heterocycles. The highest BCUT2D eigenvalue weighted by molar-refractivity contribution is 7.90. The van der Waals surface area contributed by atoms with E-state index in [0.29, 0.717) is 10.6 Å². The van der Waals surface area contributed by atoms with Gasteiger partial charge in [0.2, 0.25) is 0 Å². The van der Waals surface area contributed by atoms with Crippen molar-refractivity contribution in [1.29, 1.82) is 0 Å². The molecule has 0 aromatic heterocycles. The zero-order valence-electron chi connectivity index (χ0n) is 9.81. The first-order valence-corrected chi connectivity index (χ1v) is 7.44. The lowest BCUT2D eigenvalue weighted by Crippen LogP contribution is -2.07. The summed E-state index contributed by atoms with van der Waals surface area (Å²) in [7, 11) is -3.77. The SMILES string of the molecule is Nc1ccc(S(=O)(=O)Cc2cccc(Cl)c2)c(F)c1. The maximum Gasteiger partial charge on any atom is 0.185 e. The molecule has 3 nitrogen and oxygen atoms in total. The quantitative estimate of drug-likeness (QED) is 0.886. The maximum absolute atomic E-state index is 13.6. The molecule has 2 rings (SSSR count). The normalized spacial score (nSPS) is 11.5. The Morgan fingerprint density at radius 2 is 1.89 bits per heavy atom. The zero-order valence-corrected chi connectivity index (χ0v) is 11.4. The first-order valence-electron chi connectivity index (χ1n) is 5.41. The van der Waals surface area contributed by atoms with E-state index in [9.17, 15) is 12.8 Å². The first-order chi connectivity index (χ1) is 8.88. The second-order valence-corrected chi connectivity index (χ2v) is 6.47. The number of sulfone groups is 1. The first kappa shape index (κ1) is 13.8. The van der Waals surface area contributed by atoms with Crippen LogP contribution in [-0.2, 0) is 15.6 Å². The fourth-order valence-corrected chi connectivity index (χ4v) is 3.31. The molecule has 0 aliphatic rings. The Morgan fingerprint density at radius 1 is 1.16 bits per heavy atom. The Bertz CT molecular complexity index is 716. The fourth-order valence-electron chi connectivity index (χ4n) is 1.69. The summed E-state index contributed by atoms with van der Waals surface area (Å²) in [6.07, 6.45) is 0. The molecule has 0 fully saturated rings. The summed E-state index contributed by atoms with van der Waals surface area (Å²) in [6, 6.07) is 9.96. The monoisotopic (exact) mass is 299 g/mol. The van der Waals surface area contributed by atoms with Gasteiger partial charge in [-0.15, -0.1) is 0 Å². The van der Waals surface area contributed by atoms with Gasteiger partial charge >= 0.3 is 0 Å². The minimum atomic E-state index is -3.77. The molecule has 0 bridgehead atoms. The van der Waals surface area contributed by atoms with Crippen LogP contribution in [0.25, 0.3) is 0 Å². The lowest BCUT2D eigenvalue weighted by Gasteiger charge is -2.07. The van der Waals surface area contributed by atoms with E-state index in [1.54, 1.807) is 18.2 Å². The third-order valence-electron chi connectivity index (χ3n) is 2.54. The lowest BCUT2D eigenvalue weighted by molar-refractivity contribution is 0.567. The van der Waals surface area contributed by atoms with Crippen molar-refractivity contribution in [3.8, 4) is 0 Å².